The highest BCUT2D eigenvalue weighted by atomic mass is 35.5. The second-order valence-electron chi connectivity index (χ2n) is 4.52. The van der Waals surface area contributed by atoms with Gasteiger partial charge < -0.3 is 4.74 Å². The van der Waals surface area contributed by atoms with E-state index < -0.39 is 10.0 Å². The van der Waals surface area contributed by atoms with Crippen molar-refractivity contribution in [2.45, 2.75) is 43.1 Å². The van der Waals surface area contributed by atoms with Crippen LogP contribution in [-0.4, -0.2) is 14.5 Å². The number of halogens is 1. The van der Waals surface area contributed by atoms with Gasteiger partial charge in [-0.3, -0.25) is 0 Å². The molecule has 1 aromatic rings. The van der Waals surface area contributed by atoms with Gasteiger partial charge in [-0.1, -0.05) is 18.0 Å². The second kappa shape index (κ2) is 5.47. The van der Waals surface area contributed by atoms with Gasteiger partial charge in [-0.25, -0.2) is 13.6 Å². The Morgan fingerprint density at radius 3 is 2.44 bits per heavy atom. The van der Waals surface area contributed by atoms with Crippen molar-refractivity contribution in [3.63, 3.8) is 0 Å². The minimum atomic E-state index is -3.72. The van der Waals surface area contributed by atoms with Gasteiger partial charge in [-0.05, 0) is 43.9 Å². The van der Waals surface area contributed by atoms with Crippen LogP contribution in [0.25, 0.3) is 0 Å². The maximum absolute atomic E-state index is 11.2. The highest BCUT2D eigenvalue weighted by Gasteiger charge is 2.17. The molecule has 0 saturated heterocycles. The maximum Gasteiger partial charge on any atom is 0.238 e. The van der Waals surface area contributed by atoms with Gasteiger partial charge in [-0.2, -0.15) is 0 Å². The van der Waals surface area contributed by atoms with Crippen molar-refractivity contribution in [3.05, 3.63) is 23.2 Å². The Balaban J connectivity index is 2.14. The van der Waals surface area contributed by atoms with Crippen molar-refractivity contribution in [1.29, 1.82) is 0 Å². The Morgan fingerprint density at radius 2 is 1.89 bits per heavy atom. The number of hydrogen-bond acceptors (Lipinski definition) is 3. The van der Waals surface area contributed by atoms with Gasteiger partial charge in [0.25, 0.3) is 0 Å². The van der Waals surface area contributed by atoms with Crippen LogP contribution in [0.5, 0.6) is 5.75 Å². The molecule has 100 valence electrons. The Hall–Kier alpha value is -0.780. The van der Waals surface area contributed by atoms with E-state index in [0.29, 0.717) is 5.75 Å². The molecule has 1 aliphatic carbocycles. The predicted molar refractivity (Wildman–Crippen MR) is 70.3 cm³/mol. The van der Waals surface area contributed by atoms with Crippen LogP contribution in [0.3, 0.4) is 0 Å². The first-order chi connectivity index (χ1) is 8.47. The molecule has 0 unspecified atom stereocenters. The van der Waals surface area contributed by atoms with Gasteiger partial charge in [0.15, 0.2) is 0 Å². The third kappa shape index (κ3) is 3.37. The maximum atomic E-state index is 11.2. The van der Waals surface area contributed by atoms with Crippen LogP contribution in [-0.2, 0) is 10.0 Å². The smallest absolute Gasteiger partial charge is 0.238 e. The van der Waals surface area contributed by atoms with Crippen LogP contribution in [0.4, 0.5) is 0 Å². The largest absolute Gasteiger partial charge is 0.489 e. The first-order valence-corrected chi connectivity index (χ1v) is 7.88. The zero-order chi connectivity index (χ0) is 13.2. The van der Waals surface area contributed by atoms with Crippen molar-refractivity contribution in [2.75, 3.05) is 0 Å². The molecule has 2 N–H and O–H groups in total. The fourth-order valence-electron chi connectivity index (χ4n) is 2.12. The molecule has 1 fully saturated rings. The van der Waals surface area contributed by atoms with E-state index in [1.165, 1.54) is 18.6 Å². The highest BCUT2D eigenvalue weighted by Crippen LogP contribution is 2.30. The summed E-state index contributed by atoms with van der Waals surface area (Å²) in [5, 5.41) is 5.32. The van der Waals surface area contributed by atoms with Gasteiger partial charge in [0.1, 0.15) is 5.75 Å². The number of hydrogen-bond donors (Lipinski definition) is 1. The number of sulfonamides is 1. The van der Waals surface area contributed by atoms with Crippen LogP contribution in [0, 0.1) is 0 Å². The van der Waals surface area contributed by atoms with E-state index >= 15 is 0 Å². The average Bonchev–Trinajstić information content (AvgIpc) is 2.32. The molecule has 4 nitrogen and oxygen atoms in total. The van der Waals surface area contributed by atoms with Crippen LogP contribution in [0.15, 0.2) is 23.1 Å². The van der Waals surface area contributed by atoms with E-state index in [1.807, 2.05) is 0 Å². The summed E-state index contributed by atoms with van der Waals surface area (Å²) in [6.07, 6.45) is 5.80. The van der Waals surface area contributed by atoms with Crippen molar-refractivity contribution < 1.29 is 13.2 Å². The number of rotatable bonds is 3. The Bertz CT molecular complexity index is 524. The SMILES string of the molecule is NS(=O)(=O)c1ccc(OC2CCCCC2)c(Cl)c1. The third-order valence-corrected chi connectivity index (χ3v) is 4.28. The molecule has 0 aromatic heterocycles. The Morgan fingerprint density at radius 1 is 1.22 bits per heavy atom. The quantitative estimate of drug-likeness (QED) is 0.930. The zero-order valence-corrected chi connectivity index (χ0v) is 11.5. The molecule has 0 amide bonds. The van der Waals surface area contributed by atoms with Crippen LogP contribution < -0.4 is 9.88 Å². The van der Waals surface area contributed by atoms with E-state index in [0.717, 1.165) is 25.7 Å². The summed E-state index contributed by atoms with van der Waals surface area (Å²) in [6.45, 7) is 0. The molecule has 0 atom stereocenters. The summed E-state index contributed by atoms with van der Waals surface area (Å²) >= 11 is 6.01. The molecule has 0 aliphatic heterocycles. The summed E-state index contributed by atoms with van der Waals surface area (Å²) in [5.74, 6) is 0.524. The first kappa shape index (κ1) is 13.6. The van der Waals surface area contributed by atoms with Crippen molar-refractivity contribution >= 4 is 21.6 Å². The molecule has 2 rings (SSSR count). The van der Waals surface area contributed by atoms with E-state index in [-0.39, 0.29) is 16.0 Å². The third-order valence-electron chi connectivity index (χ3n) is 3.08. The summed E-state index contributed by atoms with van der Waals surface area (Å²) < 4.78 is 28.1. The fraction of sp³-hybridized carbons (Fsp3) is 0.500. The summed E-state index contributed by atoms with van der Waals surface area (Å²) in [7, 11) is -3.72. The van der Waals surface area contributed by atoms with E-state index in [2.05, 4.69) is 0 Å². The minimum Gasteiger partial charge on any atom is -0.489 e. The summed E-state index contributed by atoms with van der Waals surface area (Å²) in [4.78, 5) is 0.00324. The van der Waals surface area contributed by atoms with Crippen LogP contribution in [0.1, 0.15) is 32.1 Å². The standard InChI is InChI=1S/C12H16ClNO3S/c13-11-8-10(18(14,15)16)6-7-12(11)17-9-4-2-1-3-5-9/h6-9H,1-5H2,(H2,14,15,16). The lowest BCUT2D eigenvalue weighted by Gasteiger charge is -2.23. The molecule has 0 heterocycles. The molecule has 1 aliphatic rings. The van der Waals surface area contributed by atoms with Gasteiger partial charge in [-0.15, -0.1) is 0 Å². The van der Waals surface area contributed by atoms with Crippen molar-refractivity contribution in [1.82, 2.24) is 0 Å². The van der Waals surface area contributed by atoms with Gasteiger partial charge in [0.05, 0.1) is 16.0 Å². The monoisotopic (exact) mass is 289 g/mol. The average molecular weight is 290 g/mol. The normalized spacial score (nSPS) is 17.7. The molecular weight excluding hydrogens is 274 g/mol. The summed E-state index contributed by atoms with van der Waals surface area (Å²) in [6, 6.07) is 4.31. The lowest BCUT2D eigenvalue weighted by molar-refractivity contribution is 0.155. The molecule has 18 heavy (non-hydrogen) atoms. The molecule has 1 aromatic carbocycles. The zero-order valence-electron chi connectivity index (χ0n) is 9.93. The number of nitrogens with two attached hydrogens (primary N) is 1. The molecule has 0 spiro atoms. The molecule has 6 heteroatoms. The number of primary sulfonamides is 1. The Labute approximate surface area is 112 Å². The van der Waals surface area contributed by atoms with Crippen molar-refractivity contribution in [3.8, 4) is 5.75 Å². The minimum absolute atomic E-state index is 0.00324. The molecule has 0 bridgehead atoms. The lowest BCUT2D eigenvalue weighted by atomic mass is 9.98. The van der Waals surface area contributed by atoms with E-state index in [4.69, 9.17) is 21.5 Å². The molecular formula is C12H16ClNO3S. The molecule has 0 radical (unpaired) electrons. The highest BCUT2D eigenvalue weighted by molar-refractivity contribution is 7.89. The lowest BCUT2D eigenvalue weighted by Crippen LogP contribution is -2.20. The second-order valence-corrected chi connectivity index (χ2v) is 6.48. The van der Waals surface area contributed by atoms with Crippen LogP contribution in [0.2, 0.25) is 5.02 Å². The van der Waals surface area contributed by atoms with Gasteiger partial charge >= 0.3 is 0 Å². The Kier molecular flexibility index (Phi) is 4.14. The number of benzene rings is 1. The molecule has 1 saturated carbocycles. The van der Waals surface area contributed by atoms with E-state index in [9.17, 15) is 8.42 Å². The van der Waals surface area contributed by atoms with Crippen molar-refractivity contribution in [2.24, 2.45) is 5.14 Å². The van der Waals surface area contributed by atoms with Crippen LogP contribution >= 0.6 is 11.6 Å². The van der Waals surface area contributed by atoms with Gasteiger partial charge in [0.2, 0.25) is 10.0 Å². The van der Waals surface area contributed by atoms with Gasteiger partial charge in [0, 0.05) is 0 Å². The topological polar surface area (TPSA) is 69.4 Å². The van der Waals surface area contributed by atoms with E-state index in [1.54, 1.807) is 6.07 Å². The predicted octanol–water partition coefficient (Wildman–Crippen LogP) is 2.70. The fourth-order valence-corrected chi connectivity index (χ4v) is 2.95. The summed E-state index contributed by atoms with van der Waals surface area (Å²) in [5.41, 5.74) is 0. The number of ether oxygens (including phenoxy) is 1. The first-order valence-electron chi connectivity index (χ1n) is 5.96.